The van der Waals surface area contributed by atoms with E-state index in [2.05, 4.69) is 4.99 Å². The fraction of sp³-hybridized carbons (Fsp3) is 0.429. The Morgan fingerprint density at radius 3 is 2.50 bits per heavy atom. The third kappa shape index (κ3) is 1.45. The van der Waals surface area contributed by atoms with Crippen LogP contribution in [-0.4, -0.2) is 29.1 Å². The highest BCUT2D eigenvalue weighted by atomic mass is 19.4. The maximum absolute atomic E-state index is 12.4. The number of nitrogens with zero attached hydrogens (tertiary/aromatic N) is 1. The van der Waals surface area contributed by atoms with Crippen molar-refractivity contribution in [2.45, 2.75) is 18.8 Å². The molecule has 7 heteroatoms. The van der Waals surface area contributed by atoms with Gasteiger partial charge in [0, 0.05) is 11.9 Å². The summed E-state index contributed by atoms with van der Waals surface area (Å²) in [6.45, 7) is 1.33. The molecule has 0 radical (unpaired) electrons. The van der Waals surface area contributed by atoms with Gasteiger partial charge < -0.3 is 10.4 Å². The number of hydrogen-bond donors (Lipinski definition) is 2. The number of alkyl halides is 3. The molecule has 1 aliphatic heterocycles. The van der Waals surface area contributed by atoms with Crippen LogP contribution in [-0.2, 0) is 4.79 Å². The van der Waals surface area contributed by atoms with Gasteiger partial charge in [0.25, 0.3) is 0 Å². The van der Waals surface area contributed by atoms with Crippen LogP contribution in [0.1, 0.15) is 6.92 Å². The molecule has 14 heavy (non-hydrogen) atoms. The van der Waals surface area contributed by atoms with Gasteiger partial charge in [0.15, 0.2) is 0 Å². The monoisotopic (exact) mass is 208 g/mol. The second-order valence-corrected chi connectivity index (χ2v) is 2.77. The minimum absolute atomic E-state index is 0.0970. The van der Waals surface area contributed by atoms with Crippen molar-refractivity contribution in [3.63, 3.8) is 0 Å². The quantitative estimate of drug-likeness (QED) is 0.673. The van der Waals surface area contributed by atoms with Gasteiger partial charge in [0.05, 0.1) is 0 Å². The van der Waals surface area contributed by atoms with Crippen molar-refractivity contribution in [2.24, 2.45) is 4.99 Å². The number of aliphatic imine (C=N–C) groups is 1. The lowest BCUT2D eigenvalue weighted by molar-refractivity contribution is -0.206. The maximum atomic E-state index is 12.4. The molecule has 0 spiro atoms. The molecule has 0 aromatic heterocycles. The molecule has 1 rings (SSSR count). The zero-order valence-electron chi connectivity index (χ0n) is 7.09. The first kappa shape index (κ1) is 10.6. The van der Waals surface area contributed by atoms with E-state index in [0.29, 0.717) is 0 Å². The van der Waals surface area contributed by atoms with Crippen LogP contribution in [0.4, 0.5) is 13.2 Å². The first-order valence-electron chi connectivity index (χ1n) is 3.60. The Labute approximate surface area is 77.1 Å². The molecular weight excluding hydrogens is 201 g/mol. The molecule has 0 aromatic rings. The molecular formula is C7H7F3N2O2. The van der Waals surface area contributed by atoms with Crippen LogP contribution in [0.15, 0.2) is 16.8 Å². The normalized spacial score (nSPS) is 26.7. The molecule has 0 saturated carbocycles. The molecule has 1 atom stereocenters. The molecule has 0 saturated heterocycles. The van der Waals surface area contributed by atoms with Crippen molar-refractivity contribution in [1.29, 1.82) is 0 Å². The standard InChI is InChI=1S/C7H7F3N2O2/c1-4-2-3-11-6(12-4,5(13)14)7(8,9)10/h2-3,12H,1H3,(H,13,14). The van der Waals surface area contributed by atoms with Gasteiger partial charge in [-0.1, -0.05) is 0 Å². The average Bonchev–Trinajstić information content (AvgIpc) is 2.01. The lowest BCUT2D eigenvalue weighted by Crippen LogP contribution is -2.61. The Bertz CT molecular complexity index is 321. The van der Waals surface area contributed by atoms with E-state index >= 15 is 0 Å². The van der Waals surface area contributed by atoms with Gasteiger partial charge in [-0.15, -0.1) is 0 Å². The summed E-state index contributed by atoms with van der Waals surface area (Å²) in [4.78, 5) is 13.5. The molecule has 0 bridgehead atoms. The Kier molecular flexibility index (Phi) is 2.26. The molecule has 0 aromatic carbocycles. The second kappa shape index (κ2) is 3.00. The minimum atomic E-state index is -4.98. The zero-order valence-corrected chi connectivity index (χ0v) is 7.09. The van der Waals surface area contributed by atoms with Gasteiger partial charge in [-0.3, -0.25) is 0 Å². The highest BCUT2D eigenvalue weighted by molar-refractivity contribution is 5.86. The summed E-state index contributed by atoms with van der Waals surface area (Å²) in [5, 5.41) is 10.3. The summed E-state index contributed by atoms with van der Waals surface area (Å²) in [5.74, 6) is -2.08. The smallest absolute Gasteiger partial charge is 0.443 e. The van der Waals surface area contributed by atoms with Gasteiger partial charge in [0.2, 0.25) is 0 Å². The second-order valence-electron chi connectivity index (χ2n) is 2.77. The molecule has 1 unspecified atom stereocenters. The fourth-order valence-corrected chi connectivity index (χ4v) is 0.994. The van der Waals surface area contributed by atoms with Crippen molar-refractivity contribution in [2.75, 3.05) is 0 Å². The first-order valence-corrected chi connectivity index (χ1v) is 3.60. The number of hydrogen-bond acceptors (Lipinski definition) is 3. The van der Waals surface area contributed by atoms with Crippen LogP contribution < -0.4 is 5.32 Å². The number of allylic oxidation sites excluding steroid dienone is 2. The van der Waals surface area contributed by atoms with E-state index in [9.17, 15) is 18.0 Å². The Morgan fingerprint density at radius 1 is 1.64 bits per heavy atom. The highest BCUT2D eigenvalue weighted by Crippen LogP contribution is 2.33. The third-order valence-corrected chi connectivity index (χ3v) is 1.69. The maximum Gasteiger partial charge on any atom is 0.443 e. The number of nitrogens with one attached hydrogen (secondary N) is 1. The van der Waals surface area contributed by atoms with E-state index < -0.39 is 17.8 Å². The Balaban J connectivity index is 3.16. The van der Waals surface area contributed by atoms with Gasteiger partial charge >= 0.3 is 17.8 Å². The predicted molar refractivity (Wildman–Crippen MR) is 41.8 cm³/mol. The third-order valence-electron chi connectivity index (χ3n) is 1.69. The van der Waals surface area contributed by atoms with Crippen molar-refractivity contribution in [1.82, 2.24) is 5.32 Å². The number of carboxylic acid groups (broad SMARTS) is 1. The molecule has 0 aliphatic carbocycles. The molecule has 1 heterocycles. The van der Waals surface area contributed by atoms with Crippen LogP contribution >= 0.6 is 0 Å². The molecule has 4 nitrogen and oxygen atoms in total. The zero-order chi connectivity index (χ0) is 11.0. The molecule has 2 N–H and O–H groups in total. The topological polar surface area (TPSA) is 61.7 Å². The number of aliphatic carboxylic acids is 1. The van der Waals surface area contributed by atoms with Gasteiger partial charge in [0.1, 0.15) is 0 Å². The fourth-order valence-electron chi connectivity index (χ4n) is 0.994. The van der Waals surface area contributed by atoms with Crippen molar-refractivity contribution in [3.05, 3.63) is 11.8 Å². The summed E-state index contributed by atoms with van der Waals surface area (Å²) in [5.41, 5.74) is -3.15. The van der Waals surface area contributed by atoms with Crippen molar-refractivity contribution in [3.8, 4) is 0 Å². The highest BCUT2D eigenvalue weighted by Gasteiger charge is 2.62. The molecule has 0 amide bonds. The summed E-state index contributed by atoms with van der Waals surface area (Å²) in [7, 11) is 0. The lowest BCUT2D eigenvalue weighted by Gasteiger charge is -2.31. The van der Waals surface area contributed by atoms with Gasteiger partial charge in [-0.25, -0.2) is 9.79 Å². The van der Waals surface area contributed by atoms with Crippen LogP contribution in [0.25, 0.3) is 0 Å². The molecule has 0 fully saturated rings. The Morgan fingerprint density at radius 2 is 2.21 bits per heavy atom. The summed E-state index contributed by atoms with van der Waals surface area (Å²) >= 11 is 0. The number of halogens is 3. The summed E-state index contributed by atoms with van der Waals surface area (Å²) < 4.78 is 37.3. The number of carboxylic acids is 1. The molecule has 1 aliphatic rings. The van der Waals surface area contributed by atoms with Crippen LogP contribution in [0.2, 0.25) is 0 Å². The van der Waals surface area contributed by atoms with E-state index in [1.54, 1.807) is 0 Å². The SMILES string of the molecule is CC1=CC=NC(C(=O)O)(C(F)(F)F)N1. The summed E-state index contributed by atoms with van der Waals surface area (Å²) in [6.07, 6.45) is -2.90. The largest absolute Gasteiger partial charge is 0.478 e. The van der Waals surface area contributed by atoms with E-state index in [0.717, 1.165) is 6.21 Å². The Hall–Kier alpha value is -1.53. The van der Waals surface area contributed by atoms with E-state index in [4.69, 9.17) is 5.11 Å². The van der Waals surface area contributed by atoms with Crippen molar-refractivity contribution >= 4 is 12.2 Å². The number of carbonyl (C=O) groups is 1. The van der Waals surface area contributed by atoms with E-state index in [-0.39, 0.29) is 5.70 Å². The minimum Gasteiger partial charge on any atom is -0.478 e. The molecule has 78 valence electrons. The van der Waals surface area contributed by atoms with E-state index in [1.165, 1.54) is 13.0 Å². The van der Waals surface area contributed by atoms with Gasteiger partial charge in [-0.2, -0.15) is 13.2 Å². The van der Waals surface area contributed by atoms with E-state index in [1.807, 2.05) is 5.32 Å². The first-order chi connectivity index (χ1) is 6.29. The van der Waals surface area contributed by atoms with Crippen LogP contribution in [0.3, 0.4) is 0 Å². The van der Waals surface area contributed by atoms with Crippen LogP contribution in [0, 0.1) is 0 Å². The van der Waals surface area contributed by atoms with Crippen LogP contribution in [0.5, 0.6) is 0 Å². The lowest BCUT2D eigenvalue weighted by atomic mass is 10.1. The predicted octanol–water partition coefficient (Wildman–Crippen LogP) is 0.907. The average molecular weight is 208 g/mol. The van der Waals surface area contributed by atoms with Crippen molar-refractivity contribution < 1.29 is 23.1 Å². The van der Waals surface area contributed by atoms with Gasteiger partial charge in [-0.05, 0) is 13.0 Å². The summed E-state index contributed by atoms with van der Waals surface area (Å²) in [6, 6.07) is 0. The number of rotatable bonds is 1.